The highest BCUT2D eigenvalue weighted by Gasteiger charge is 2.11. The van der Waals surface area contributed by atoms with E-state index in [1.807, 2.05) is 0 Å². The Balaban J connectivity index is 2.03. The molecule has 3 nitrogen and oxygen atoms in total. The number of fused-ring (bicyclic) bond motifs is 1. The molecule has 1 unspecified atom stereocenters. The van der Waals surface area contributed by atoms with E-state index in [1.54, 1.807) is 0 Å². The fourth-order valence-electron chi connectivity index (χ4n) is 2.77. The minimum Gasteiger partial charge on any atom is -0.361 e. The summed E-state index contributed by atoms with van der Waals surface area (Å²) in [6.07, 6.45) is 4.27. The molecule has 2 rings (SSSR count). The Hall–Kier alpha value is -1.32. The second-order valence-electron chi connectivity index (χ2n) is 6.44. The summed E-state index contributed by atoms with van der Waals surface area (Å²) in [5.74, 6) is 0.554. The Labute approximate surface area is 128 Å². The average Bonchev–Trinajstić information content (AvgIpc) is 2.87. The number of H-pyrrole nitrogens is 1. The van der Waals surface area contributed by atoms with Gasteiger partial charge in [-0.15, -0.1) is 0 Å². The molecule has 21 heavy (non-hydrogen) atoms. The van der Waals surface area contributed by atoms with Gasteiger partial charge < -0.3 is 15.6 Å². The molecule has 0 amide bonds. The average molecular weight is 287 g/mol. The number of nitrogens with one attached hydrogen (secondary N) is 1. The predicted octanol–water partition coefficient (Wildman–Crippen LogP) is 3.54. The number of aryl methyl sites for hydroxylation is 1. The molecule has 2 aromatic rings. The molecule has 0 saturated carbocycles. The summed E-state index contributed by atoms with van der Waals surface area (Å²) in [6.45, 7) is 8.60. The molecule has 3 heteroatoms. The highest BCUT2D eigenvalue weighted by Crippen LogP contribution is 2.23. The molecule has 0 aliphatic carbocycles. The van der Waals surface area contributed by atoms with Crippen LogP contribution in [-0.2, 0) is 13.0 Å². The lowest BCUT2D eigenvalue weighted by atomic mass is 10.0. The molecule has 116 valence electrons. The van der Waals surface area contributed by atoms with Crippen molar-refractivity contribution < 1.29 is 0 Å². The van der Waals surface area contributed by atoms with Gasteiger partial charge in [0.2, 0.25) is 0 Å². The third kappa shape index (κ3) is 3.86. The van der Waals surface area contributed by atoms with Crippen LogP contribution in [0.2, 0.25) is 0 Å². The van der Waals surface area contributed by atoms with E-state index in [0.717, 1.165) is 25.9 Å². The highest BCUT2D eigenvalue weighted by atomic mass is 15.1. The number of hydrogen-bond acceptors (Lipinski definition) is 2. The third-order valence-corrected chi connectivity index (χ3v) is 4.41. The van der Waals surface area contributed by atoms with Gasteiger partial charge in [0.1, 0.15) is 0 Å². The van der Waals surface area contributed by atoms with Crippen molar-refractivity contribution in [2.45, 2.75) is 46.2 Å². The van der Waals surface area contributed by atoms with Gasteiger partial charge in [0.25, 0.3) is 0 Å². The third-order valence-electron chi connectivity index (χ3n) is 4.41. The monoisotopic (exact) mass is 287 g/mol. The summed E-state index contributed by atoms with van der Waals surface area (Å²) in [6, 6.07) is 6.87. The zero-order valence-electron chi connectivity index (χ0n) is 13.8. The van der Waals surface area contributed by atoms with E-state index in [-0.39, 0.29) is 0 Å². The Bertz CT molecular complexity index is 571. The molecular weight excluding hydrogens is 258 g/mol. The number of benzene rings is 1. The lowest BCUT2D eigenvalue weighted by Crippen LogP contribution is -2.31. The van der Waals surface area contributed by atoms with Crippen LogP contribution in [0.25, 0.3) is 10.9 Å². The van der Waals surface area contributed by atoms with E-state index in [0.29, 0.717) is 12.0 Å². The van der Waals surface area contributed by atoms with E-state index in [2.05, 4.69) is 62.1 Å². The van der Waals surface area contributed by atoms with E-state index < -0.39 is 0 Å². The number of nitrogens with zero attached hydrogens (tertiary/aromatic N) is 1. The van der Waals surface area contributed by atoms with Crippen LogP contribution in [-0.4, -0.2) is 29.5 Å². The van der Waals surface area contributed by atoms with Gasteiger partial charge in [-0.3, -0.25) is 0 Å². The van der Waals surface area contributed by atoms with E-state index in [1.165, 1.54) is 22.0 Å². The molecule has 0 bridgehead atoms. The molecular formula is C18H29N3. The number of nitrogens with two attached hydrogens (primary N) is 1. The number of aromatic amines is 1. The smallest absolute Gasteiger partial charge is 0.0489 e. The summed E-state index contributed by atoms with van der Waals surface area (Å²) in [5.41, 5.74) is 10.2. The standard InChI is InChI=1S/C18H29N3/c1-5-14-7-6-8-16-15(11-20-18(14)16)12-21(4)10-9-17(19)13(2)3/h6-8,11,13,17,20H,5,9-10,12,19H2,1-4H3. The first kappa shape index (κ1) is 16.1. The fraction of sp³-hybridized carbons (Fsp3) is 0.556. The second kappa shape index (κ2) is 7.10. The summed E-state index contributed by atoms with van der Waals surface area (Å²) in [7, 11) is 2.18. The van der Waals surface area contributed by atoms with Gasteiger partial charge in [-0.2, -0.15) is 0 Å². The van der Waals surface area contributed by atoms with Gasteiger partial charge >= 0.3 is 0 Å². The maximum Gasteiger partial charge on any atom is 0.0489 e. The SMILES string of the molecule is CCc1cccc2c(CN(C)CCC(N)C(C)C)c[nH]c12. The first-order chi connectivity index (χ1) is 10.0. The van der Waals surface area contributed by atoms with Crippen LogP contribution in [0.4, 0.5) is 0 Å². The summed E-state index contributed by atoms with van der Waals surface area (Å²) in [4.78, 5) is 5.81. The summed E-state index contributed by atoms with van der Waals surface area (Å²) >= 11 is 0. The lowest BCUT2D eigenvalue weighted by molar-refractivity contribution is 0.297. The van der Waals surface area contributed by atoms with Crippen LogP contribution in [0.15, 0.2) is 24.4 Å². The number of rotatable bonds is 7. The minimum absolute atomic E-state index is 0.294. The number of para-hydroxylation sites is 1. The molecule has 0 saturated heterocycles. The Morgan fingerprint density at radius 3 is 2.67 bits per heavy atom. The van der Waals surface area contributed by atoms with Crippen LogP contribution in [0.3, 0.4) is 0 Å². The molecule has 0 aliphatic rings. The maximum atomic E-state index is 6.13. The first-order valence-electron chi connectivity index (χ1n) is 8.04. The molecule has 1 aromatic carbocycles. The van der Waals surface area contributed by atoms with Gasteiger partial charge in [-0.05, 0) is 43.5 Å². The van der Waals surface area contributed by atoms with Crippen molar-refractivity contribution in [1.82, 2.24) is 9.88 Å². The largest absolute Gasteiger partial charge is 0.361 e. The summed E-state index contributed by atoms with van der Waals surface area (Å²) in [5, 5.41) is 1.36. The molecule has 1 aromatic heterocycles. The zero-order valence-corrected chi connectivity index (χ0v) is 13.8. The van der Waals surface area contributed by atoms with Crippen molar-refractivity contribution in [2.24, 2.45) is 11.7 Å². The van der Waals surface area contributed by atoms with Crippen molar-refractivity contribution in [2.75, 3.05) is 13.6 Å². The molecule has 0 aliphatic heterocycles. The topological polar surface area (TPSA) is 45.0 Å². The van der Waals surface area contributed by atoms with E-state index >= 15 is 0 Å². The summed E-state index contributed by atoms with van der Waals surface area (Å²) < 4.78 is 0. The van der Waals surface area contributed by atoms with Crippen molar-refractivity contribution in [3.63, 3.8) is 0 Å². The van der Waals surface area contributed by atoms with E-state index in [4.69, 9.17) is 5.73 Å². The Morgan fingerprint density at radius 1 is 1.24 bits per heavy atom. The van der Waals surface area contributed by atoms with E-state index in [9.17, 15) is 0 Å². The van der Waals surface area contributed by atoms with Crippen LogP contribution in [0.1, 0.15) is 38.3 Å². The predicted molar refractivity (Wildman–Crippen MR) is 91.4 cm³/mol. The van der Waals surface area contributed by atoms with Gasteiger partial charge in [0.15, 0.2) is 0 Å². The molecule has 0 fully saturated rings. The van der Waals surface area contributed by atoms with Crippen molar-refractivity contribution in [1.29, 1.82) is 0 Å². The Morgan fingerprint density at radius 2 is 2.00 bits per heavy atom. The van der Waals surface area contributed by atoms with Crippen molar-refractivity contribution >= 4 is 10.9 Å². The number of aromatic nitrogens is 1. The minimum atomic E-state index is 0.294. The normalized spacial score (nSPS) is 13.5. The fourth-order valence-corrected chi connectivity index (χ4v) is 2.77. The quantitative estimate of drug-likeness (QED) is 0.818. The van der Waals surface area contributed by atoms with Crippen LogP contribution >= 0.6 is 0 Å². The van der Waals surface area contributed by atoms with Crippen LogP contribution < -0.4 is 5.73 Å². The highest BCUT2D eigenvalue weighted by molar-refractivity contribution is 5.86. The molecule has 1 atom stereocenters. The molecule has 0 radical (unpaired) electrons. The molecule has 0 spiro atoms. The number of hydrogen-bond donors (Lipinski definition) is 2. The van der Waals surface area contributed by atoms with Crippen LogP contribution in [0.5, 0.6) is 0 Å². The lowest BCUT2D eigenvalue weighted by Gasteiger charge is -2.21. The van der Waals surface area contributed by atoms with Gasteiger partial charge in [-0.25, -0.2) is 0 Å². The van der Waals surface area contributed by atoms with Gasteiger partial charge in [0, 0.05) is 29.7 Å². The Kier molecular flexibility index (Phi) is 5.43. The second-order valence-corrected chi connectivity index (χ2v) is 6.44. The van der Waals surface area contributed by atoms with Crippen LogP contribution in [0, 0.1) is 5.92 Å². The van der Waals surface area contributed by atoms with Gasteiger partial charge in [-0.1, -0.05) is 39.0 Å². The molecule has 1 heterocycles. The zero-order chi connectivity index (χ0) is 15.4. The molecule has 3 N–H and O–H groups in total. The first-order valence-corrected chi connectivity index (χ1v) is 8.04. The van der Waals surface area contributed by atoms with Crippen molar-refractivity contribution in [3.05, 3.63) is 35.5 Å². The maximum absolute atomic E-state index is 6.13. The van der Waals surface area contributed by atoms with Gasteiger partial charge in [0.05, 0.1) is 0 Å². The van der Waals surface area contributed by atoms with Crippen molar-refractivity contribution in [3.8, 4) is 0 Å².